The van der Waals surface area contributed by atoms with Gasteiger partial charge in [-0.05, 0) is 34.1 Å². The summed E-state index contributed by atoms with van der Waals surface area (Å²) in [5.41, 5.74) is -0.901. The summed E-state index contributed by atoms with van der Waals surface area (Å²) < 4.78 is 10.9. The van der Waals surface area contributed by atoms with Crippen molar-refractivity contribution in [3.8, 4) is 0 Å². The van der Waals surface area contributed by atoms with Gasteiger partial charge in [0.15, 0.2) is 0 Å². The van der Waals surface area contributed by atoms with Crippen molar-refractivity contribution in [1.29, 1.82) is 0 Å². The number of nitrogens with zero attached hydrogens (tertiary/aromatic N) is 1. The normalized spacial score (nSPS) is 23.7. The molecule has 1 aliphatic rings. The molecule has 0 aliphatic carbocycles. The highest BCUT2D eigenvalue weighted by atomic mass is 16.6. The Hall–Kier alpha value is -1.32. The second kappa shape index (κ2) is 5.55. The highest BCUT2D eigenvalue weighted by Crippen LogP contribution is 2.26. The molecule has 1 amide bonds. The molecule has 0 N–H and O–H groups in total. The molecule has 1 unspecified atom stereocenters. The summed E-state index contributed by atoms with van der Waals surface area (Å²) in [7, 11) is 0. The zero-order valence-electron chi connectivity index (χ0n) is 11.5. The monoisotopic (exact) mass is 255 g/mol. The summed E-state index contributed by atoms with van der Waals surface area (Å²) in [6, 6.07) is 0. The van der Waals surface area contributed by atoms with Crippen molar-refractivity contribution in [2.45, 2.75) is 45.3 Å². The molecule has 1 aliphatic heterocycles. The summed E-state index contributed by atoms with van der Waals surface area (Å²) in [4.78, 5) is 23.6. The molecule has 1 heterocycles. The smallest absolute Gasteiger partial charge is 0.410 e. The van der Waals surface area contributed by atoms with E-state index in [4.69, 9.17) is 9.47 Å². The number of hydrogen-bond acceptors (Lipinski definition) is 4. The van der Waals surface area contributed by atoms with Crippen LogP contribution in [0.3, 0.4) is 0 Å². The molecule has 0 aromatic heterocycles. The number of carbonyl (C=O) groups excluding carboxylic acids is 2. The van der Waals surface area contributed by atoms with E-state index in [1.807, 2.05) is 27.7 Å². The summed E-state index contributed by atoms with van der Waals surface area (Å²) >= 11 is 0. The predicted octanol–water partition coefficient (Wildman–Crippen LogP) is 1.79. The van der Waals surface area contributed by atoms with Gasteiger partial charge in [0.05, 0.1) is 18.8 Å². The first-order valence-corrected chi connectivity index (χ1v) is 6.07. The number of carbonyl (C=O) groups is 1. The molecule has 0 radical (unpaired) electrons. The van der Waals surface area contributed by atoms with Crippen LogP contribution in [0.2, 0.25) is 0 Å². The molecule has 0 aromatic carbocycles. The zero-order chi connectivity index (χ0) is 13.8. The largest absolute Gasteiger partial charge is 0.444 e. The van der Waals surface area contributed by atoms with Crippen LogP contribution >= 0.6 is 0 Å². The maximum absolute atomic E-state index is 11.9. The van der Waals surface area contributed by atoms with Gasteiger partial charge in [-0.1, -0.05) is 0 Å². The standard InChI is InChI=1S/C13H21NO4/c1-12(2,3)18-11(16)14-7-6-13(4,10-14)17-9-5-8-15/h5H,6-7,9-10H2,1-4H3. The van der Waals surface area contributed by atoms with Crippen LogP contribution < -0.4 is 0 Å². The second-order valence-electron chi connectivity index (χ2n) is 5.73. The van der Waals surface area contributed by atoms with E-state index < -0.39 is 11.2 Å². The molecular formula is C13H21NO4. The summed E-state index contributed by atoms with van der Waals surface area (Å²) in [5, 5.41) is 0. The summed E-state index contributed by atoms with van der Waals surface area (Å²) in [6.07, 6.45) is 1.71. The molecule has 1 rings (SSSR count). The van der Waals surface area contributed by atoms with Crippen LogP contribution in [0, 0.1) is 0 Å². The molecule has 1 saturated heterocycles. The number of likely N-dealkylation sites (tertiary alicyclic amines) is 1. The van der Waals surface area contributed by atoms with Crippen LogP contribution in [0.5, 0.6) is 0 Å². The molecule has 0 saturated carbocycles. The lowest BCUT2D eigenvalue weighted by molar-refractivity contribution is -0.0137. The Balaban J connectivity index is 2.49. The SMILES string of the molecule is CC(C)(C)OC(=O)N1CCC(C)(OCC=C=O)C1. The fourth-order valence-electron chi connectivity index (χ4n) is 1.81. The highest BCUT2D eigenvalue weighted by molar-refractivity contribution is 5.68. The third kappa shape index (κ3) is 4.51. The average molecular weight is 255 g/mol. The summed E-state index contributed by atoms with van der Waals surface area (Å²) in [5.74, 6) is 1.67. The van der Waals surface area contributed by atoms with E-state index in [1.54, 1.807) is 10.8 Å². The maximum atomic E-state index is 11.9. The lowest BCUT2D eigenvalue weighted by Gasteiger charge is -2.26. The second-order valence-corrected chi connectivity index (χ2v) is 5.73. The minimum atomic E-state index is -0.489. The molecule has 1 atom stereocenters. The molecule has 102 valence electrons. The van der Waals surface area contributed by atoms with Crippen molar-refractivity contribution < 1.29 is 19.1 Å². The molecule has 0 spiro atoms. The van der Waals surface area contributed by atoms with Crippen molar-refractivity contribution in [2.75, 3.05) is 19.7 Å². The number of rotatable bonds is 3. The van der Waals surface area contributed by atoms with Gasteiger partial charge < -0.3 is 14.4 Å². The van der Waals surface area contributed by atoms with Crippen molar-refractivity contribution in [2.24, 2.45) is 0 Å². The van der Waals surface area contributed by atoms with Gasteiger partial charge in [-0.3, -0.25) is 0 Å². The molecule has 5 nitrogen and oxygen atoms in total. The van der Waals surface area contributed by atoms with Gasteiger partial charge >= 0.3 is 6.09 Å². The van der Waals surface area contributed by atoms with Gasteiger partial charge in [-0.25, -0.2) is 9.59 Å². The number of hydrogen-bond donors (Lipinski definition) is 0. The van der Waals surface area contributed by atoms with Gasteiger partial charge in [0.2, 0.25) is 0 Å². The van der Waals surface area contributed by atoms with Gasteiger partial charge in [-0.2, -0.15) is 0 Å². The van der Waals surface area contributed by atoms with Gasteiger partial charge in [0.25, 0.3) is 0 Å². The Bertz CT molecular complexity index is 354. The van der Waals surface area contributed by atoms with Crippen LogP contribution in [0.15, 0.2) is 6.08 Å². The Labute approximate surface area is 108 Å². The molecule has 0 bridgehead atoms. The van der Waals surface area contributed by atoms with Gasteiger partial charge in [-0.15, -0.1) is 0 Å². The summed E-state index contributed by atoms with van der Waals surface area (Å²) in [6.45, 7) is 8.76. The third-order valence-electron chi connectivity index (χ3n) is 2.69. The highest BCUT2D eigenvalue weighted by Gasteiger charge is 2.38. The zero-order valence-corrected chi connectivity index (χ0v) is 11.5. The van der Waals surface area contributed by atoms with E-state index >= 15 is 0 Å². The predicted molar refractivity (Wildman–Crippen MR) is 67.0 cm³/mol. The first kappa shape index (κ1) is 14.7. The van der Waals surface area contributed by atoms with E-state index in [2.05, 4.69) is 0 Å². The first-order chi connectivity index (χ1) is 8.26. The molecule has 1 fully saturated rings. The Kier molecular flexibility index (Phi) is 4.54. The minimum Gasteiger partial charge on any atom is -0.444 e. The molecule has 0 aromatic rings. The van der Waals surface area contributed by atoms with Crippen molar-refractivity contribution in [3.05, 3.63) is 6.08 Å². The molecule has 5 heteroatoms. The molecular weight excluding hydrogens is 234 g/mol. The fourth-order valence-corrected chi connectivity index (χ4v) is 1.81. The Morgan fingerprint density at radius 1 is 1.50 bits per heavy atom. The fraction of sp³-hybridized carbons (Fsp3) is 0.769. The number of ether oxygens (including phenoxy) is 2. The quantitative estimate of drug-likeness (QED) is 0.721. The van der Waals surface area contributed by atoms with Crippen LogP contribution in [0.25, 0.3) is 0 Å². The maximum Gasteiger partial charge on any atom is 0.410 e. The van der Waals surface area contributed by atoms with E-state index in [0.29, 0.717) is 13.1 Å². The number of amides is 1. The van der Waals surface area contributed by atoms with Crippen molar-refractivity contribution in [1.82, 2.24) is 4.90 Å². The van der Waals surface area contributed by atoms with Crippen molar-refractivity contribution >= 4 is 12.0 Å². The topological polar surface area (TPSA) is 55.8 Å². The lowest BCUT2D eigenvalue weighted by atomic mass is 10.1. The van der Waals surface area contributed by atoms with Crippen LogP contribution in [-0.2, 0) is 14.3 Å². The Morgan fingerprint density at radius 2 is 2.17 bits per heavy atom. The van der Waals surface area contributed by atoms with Crippen LogP contribution in [0.4, 0.5) is 4.79 Å². The van der Waals surface area contributed by atoms with E-state index in [1.165, 1.54) is 6.08 Å². The first-order valence-electron chi connectivity index (χ1n) is 6.07. The van der Waals surface area contributed by atoms with Gasteiger partial charge in [0.1, 0.15) is 11.5 Å². The minimum absolute atomic E-state index is 0.224. The van der Waals surface area contributed by atoms with E-state index in [9.17, 15) is 9.59 Å². The van der Waals surface area contributed by atoms with E-state index in [-0.39, 0.29) is 12.7 Å². The van der Waals surface area contributed by atoms with Crippen LogP contribution in [0.1, 0.15) is 34.1 Å². The lowest BCUT2D eigenvalue weighted by Crippen LogP contribution is -2.39. The van der Waals surface area contributed by atoms with Crippen LogP contribution in [-0.4, -0.2) is 47.8 Å². The van der Waals surface area contributed by atoms with E-state index in [0.717, 1.165) is 6.42 Å². The van der Waals surface area contributed by atoms with Gasteiger partial charge in [0, 0.05) is 12.6 Å². The third-order valence-corrected chi connectivity index (χ3v) is 2.69. The average Bonchev–Trinajstić information content (AvgIpc) is 2.59. The Morgan fingerprint density at radius 3 is 2.72 bits per heavy atom. The molecule has 18 heavy (non-hydrogen) atoms. The van der Waals surface area contributed by atoms with Crippen molar-refractivity contribution in [3.63, 3.8) is 0 Å².